The number of hydrogen-bond donors (Lipinski definition) is 1. The van der Waals surface area contributed by atoms with Crippen LogP contribution in [0.25, 0.3) is 0 Å². The molecule has 0 saturated heterocycles. The minimum absolute atomic E-state index is 0.463. The molecule has 0 fully saturated rings. The van der Waals surface area contributed by atoms with Crippen molar-refractivity contribution >= 4 is 44.6 Å². The number of hydrogen-bond acceptors (Lipinski definition) is 4. The van der Waals surface area contributed by atoms with Gasteiger partial charge in [0.15, 0.2) is 0 Å². The van der Waals surface area contributed by atoms with Crippen LogP contribution in [0.3, 0.4) is 0 Å². The molecule has 5 heteroatoms. The molecular formula is C17H18IN3S. The molecule has 2 N–H and O–H groups in total. The first-order valence-electron chi connectivity index (χ1n) is 7.56. The van der Waals surface area contributed by atoms with Crippen molar-refractivity contribution in [3.8, 4) is 0 Å². The highest BCUT2D eigenvalue weighted by Gasteiger charge is 2.35. The van der Waals surface area contributed by atoms with E-state index in [1.54, 1.807) is 11.3 Å². The van der Waals surface area contributed by atoms with Crippen LogP contribution in [0, 0.1) is 10.5 Å². The summed E-state index contributed by atoms with van der Waals surface area (Å²) in [5.74, 6) is 0.463. The summed E-state index contributed by atoms with van der Waals surface area (Å²) in [5, 5.41) is 8.08. The third-order valence-corrected chi connectivity index (χ3v) is 7.27. The van der Waals surface area contributed by atoms with E-state index in [1.807, 2.05) is 0 Å². The smallest absolute Gasteiger partial charge is 0.0998 e. The molecule has 1 aromatic carbocycles. The summed E-state index contributed by atoms with van der Waals surface area (Å²) in [5.41, 5.74) is 11.6. The summed E-state index contributed by atoms with van der Waals surface area (Å²) < 4.78 is 1.27. The van der Waals surface area contributed by atoms with Gasteiger partial charge in [-0.1, -0.05) is 29.8 Å². The summed E-state index contributed by atoms with van der Waals surface area (Å²) >= 11 is 4.16. The Morgan fingerprint density at radius 1 is 1.32 bits per heavy atom. The molecule has 1 aromatic heterocycles. The molecule has 2 aliphatic rings. The van der Waals surface area contributed by atoms with Gasteiger partial charge >= 0.3 is 0 Å². The average Bonchev–Trinajstić information content (AvgIpc) is 3.03. The van der Waals surface area contributed by atoms with Crippen molar-refractivity contribution in [3.05, 3.63) is 49.4 Å². The fourth-order valence-corrected chi connectivity index (χ4v) is 5.52. The third kappa shape index (κ3) is 2.44. The first-order valence-corrected chi connectivity index (χ1v) is 9.45. The molecule has 0 saturated carbocycles. The molecule has 2 aromatic rings. The number of benzene rings is 1. The molecule has 0 radical (unpaired) electrons. The van der Waals surface area contributed by atoms with Crippen LogP contribution in [0.4, 0.5) is 5.00 Å². The second-order valence-electron chi connectivity index (χ2n) is 6.10. The molecule has 0 amide bonds. The predicted molar refractivity (Wildman–Crippen MR) is 102 cm³/mol. The lowest BCUT2D eigenvalue weighted by molar-refractivity contribution is 0.302. The number of nitrogens with two attached hydrogens (primary N) is 1. The summed E-state index contributed by atoms with van der Waals surface area (Å²) in [4.78, 5) is 1.46. The van der Waals surface area contributed by atoms with Crippen LogP contribution in [0.5, 0.6) is 0 Å². The highest BCUT2D eigenvalue weighted by atomic mass is 127. The van der Waals surface area contributed by atoms with Crippen LogP contribution >= 0.6 is 33.9 Å². The molecule has 4 rings (SSSR count). The van der Waals surface area contributed by atoms with Gasteiger partial charge in [-0.05, 0) is 53.5 Å². The van der Waals surface area contributed by atoms with Gasteiger partial charge in [-0.25, -0.2) is 0 Å². The zero-order chi connectivity index (χ0) is 15.3. The Kier molecular flexibility index (Phi) is 3.64. The number of halogens is 1. The van der Waals surface area contributed by atoms with E-state index in [4.69, 9.17) is 10.8 Å². The van der Waals surface area contributed by atoms with Gasteiger partial charge in [0.1, 0.15) is 0 Å². The molecule has 1 aliphatic heterocycles. The number of nitrogens with zero attached hydrogens (tertiary/aromatic N) is 2. The number of aryl methyl sites for hydroxylation is 1. The standard InChI is InChI=1S/C17H18IN3S/c1-10-2-4-11(5-3-10)8-21-9-13-14(20-21)7-6-12-15(18)17(19)22-16(12)13/h2-5,13H,6-9,19H2,1H3. The first-order chi connectivity index (χ1) is 10.6. The lowest BCUT2D eigenvalue weighted by Crippen LogP contribution is -2.21. The van der Waals surface area contributed by atoms with Crippen LogP contribution in [0.1, 0.15) is 33.9 Å². The quantitative estimate of drug-likeness (QED) is 0.738. The van der Waals surface area contributed by atoms with E-state index in [9.17, 15) is 0 Å². The zero-order valence-electron chi connectivity index (χ0n) is 12.5. The fraction of sp³-hybridized carbons (Fsp3) is 0.353. The second-order valence-corrected chi connectivity index (χ2v) is 8.26. The molecular weight excluding hydrogens is 405 g/mol. The maximum absolute atomic E-state index is 6.13. The van der Waals surface area contributed by atoms with Gasteiger partial charge in [0.25, 0.3) is 0 Å². The molecule has 3 nitrogen and oxygen atoms in total. The van der Waals surface area contributed by atoms with Gasteiger partial charge in [0, 0.05) is 17.1 Å². The molecule has 1 atom stereocenters. The van der Waals surface area contributed by atoms with Crippen LogP contribution in [0.15, 0.2) is 29.4 Å². The molecule has 0 spiro atoms. The maximum atomic E-state index is 6.13. The van der Waals surface area contributed by atoms with Gasteiger partial charge in [0.05, 0.1) is 21.0 Å². The van der Waals surface area contributed by atoms with E-state index in [1.165, 1.54) is 30.8 Å². The highest BCUT2D eigenvalue weighted by molar-refractivity contribution is 14.1. The lowest BCUT2D eigenvalue weighted by atomic mass is 9.88. The third-order valence-electron chi connectivity index (χ3n) is 4.50. The number of anilines is 1. The van der Waals surface area contributed by atoms with E-state index in [0.717, 1.165) is 30.9 Å². The van der Waals surface area contributed by atoms with Crippen LogP contribution in [-0.4, -0.2) is 17.3 Å². The Labute approximate surface area is 148 Å². The molecule has 22 heavy (non-hydrogen) atoms. The maximum Gasteiger partial charge on any atom is 0.0998 e. The van der Waals surface area contributed by atoms with Crippen molar-refractivity contribution in [1.82, 2.24) is 5.01 Å². The Morgan fingerprint density at radius 3 is 2.86 bits per heavy atom. The number of thiophene rings is 1. The second kappa shape index (κ2) is 5.53. The van der Waals surface area contributed by atoms with Crippen LogP contribution in [0.2, 0.25) is 0 Å². The van der Waals surface area contributed by atoms with E-state index in [0.29, 0.717) is 5.92 Å². The minimum atomic E-state index is 0.463. The fourth-order valence-electron chi connectivity index (χ4n) is 3.32. The summed E-state index contributed by atoms with van der Waals surface area (Å²) in [7, 11) is 0. The lowest BCUT2D eigenvalue weighted by Gasteiger charge is -2.19. The van der Waals surface area contributed by atoms with Crippen molar-refractivity contribution in [1.29, 1.82) is 0 Å². The zero-order valence-corrected chi connectivity index (χ0v) is 15.4. The van der Waals surface area contributed by atoms with E-state index >= 15 is 0 Å². The number of rotatable bonds is 2. The number of fused-ring (bicyclic) bond motifs is 3. The summed E-state index contributed by atoms with van der Waals surface area (Å²) in [6.45, 7) is 4.01. The largest absolute Gasteiger partial charge is 0.390 e. The molecule has 0 bridgehead atoms. The monoisotopic (exact) mass is 423 g/mol. The molecule has 1 aliphatic carbocycles. The van der Waals surface area contributed by atoms with Gasteiger partial charge in [-0.2, -0.15) is 5.10 Å². The summed E-state index contributed by atoms with van der Waals surface area (Å²) in [6.07, 6.45) is 2.17. The average molecular weight is 423 g/mol. The van der Waals surface area contributed by atoms with Crippen molar-refractivity contribution in [2.24, 2.45) is 5.10 Å². The molecule has 2 heterocycles. The van der Waals surface area contributed by atoms with Gasteiger partial charge in [-0.3, -0.25) is 5.01 Å². The number of hydrazone groups is 1. The van der Waals surface area contributed by atoms with Gasteiger partial charge in [-0.15, -0.1) is 11.3 Å². The first kappa shape index (κ1) is 14.5. The highest BCUT2D eigenvalue weighted by Crippen LogP contribution is 2.44. The van der Waals surface area contributed by atoms with Crippen molar-refractivity contribution in [2.45, 2.75) is 32.2 Å². The van der Waals surface area contributed by atoms with Crippen molar-refractivity contribution < 1.29 is 0 Å². The van der Waals surface area contributed by atoms with Crippen LogP contribution < -0.4 is 5.73 Å². The Bertz CT molecular complexity index is 748. The number of nitrogen functional groups attached to an aromatic ring is 1. The van der Waals surface area contributed by atoms with Crippen molar-refractivity contribution in [2.75, 3.05) is 12.3 Å². The van der Waals surface area contributed by atoms with Gasteiger partial charge < -0.3 is 5.73 Å². The van der Waals surface area contributed by atoms with Gasteiger partial charge in [0.2, 0.25) is 0 Å². The topological polar surface area (TPSA) is 41.6 Å². The normalized spacial score (nSPS) is 19.8. The summed E-state index contributed by atoms with van der Waals surface area (Å²) in [6, 6.07) is 8.75. The Balaban J connectivity index is 1.56. The van der Waals surface area contributed by atoms with E-state index < -0.39 is 0 Å². The Morgan fingerprint density at radius 2 is 2.09 bits per heavy atom. The van der Waals surface area contributed by atoms with Crippen molar-refractivity contribution in [3.63, 3.8) is 0 Å². The van der Waals surface area contributed by atoms with E-state index in [-0.39, 0.29) is 0 Å². The SMILES string of the molecule is Cc1ccc(CN2CC3C(=N2)CCc2c3sc(N)c2I)cc1. The van der Waals surface area contributed by atoms with Crippen LogP contribution in [-0.2, 0) is 13.0 Å². The minimum Gasteiger partial charge on any atom is -0.390 e. The van der Waals surface area contributed by atoms with E-state index in [2.05, 4.69) is 58.8 Å². The molecule has 1 unspecified atom stereocenters. The predicted octanol–water partition coefficient (Wildman–Crippen LogP) is 4.14. The Hall–Kier alpha value is -1.08. The molecule has 114 valence electrons.